The van der Waals surface area contributed by atoms with Gasteiger partial charge in [-0.05, 0) is 44.0 Å². The van der Waals surface area contributed by atoms with Gasteiger partial charge >= 0.3 is 6.03 Å². The maximum absolute atomic E-state index is 12.3. The van der Waals surface area contributed by atoms with Gasteiger partial charge in [0.15, 0.2) is 0 Å². The van der Waals surface area contributed by atoms with Gasteiger partial charge < -0.3 is 10.6 Å². The fraction of sp³-hybridized carbons (Fsp3) is 0.381. The average molecular weight is 337 g/mol. The summed E-state index contributed by atoms with van der Waals surface area (Å²) in [5.41, 5.74) is 2.37. The molecule has 3 rings (SSSR count). The first kappa shape index (κ1) is 17.5. The topological polar surface area (TPSA) is 44.4 Å². The summed E-state index contributed by atoms with van der Waals surface area (Å²) in [4.78, 5) is 14.8. The van der Waals surface area contributed by atoms with Gasteiger partial charge in [0, 0.05) is 12.6 Å². The highest BCUT2D eigenvalue weighted by Gasteiger charge is 2.29. The first-order valence-corrected chi connectivity index (χ1v) is 9.11. The molecule has 0 bridgehead atoms. The molecule has 4 heteroatoms. The van der Waals surface area contributed by atoms with Crippen molar-refractivity contribution in [2.75, 3.05) is 13.1 Å². The third-order valence-electron chi connectivity index (χ3n) is 4.80. The molecule has 2 aromatic rings. The number of hydrogen-bond acceptors (Lipinski definition) is 2. The van der Waals surface area contributed by atoms with Gasteiger partial charge in [0.05, 0.1) is 6.04 Å². The van der Waals surface area contributed by atoms with Crippen LogP contribution in [0, 0.1) is 0 Å². The van der Waals surface area contributed by atoms with E-state index in [1.165, 1.54) is 18.4 Å². The molecule has 132 valence electrons. The average Bonchev–Trinajstić information content (AvgIpc) is 3.16. The third kappa shape index (κ3) is 4.83. The monoisotopic (exact) mass is 337 g/mol. The minimum atomic E-state index is -0.114. The van der Waals surface area contributed by atoms with Crippen LogP contribution in [0.5, 0.6) is 0 Å². The van der Waals surface area contributed by atoms with E-state index in [0.717, 1.165) is 18.7 Å². The second-order valence-electron chi connectivity index (χ2n) is 6.70. The molecule has 2 atom stereocenters. The van der Waals surface area contributed by atoms with Crippen LogP contribution in [0.4, 0.5) is 4.79 Å². The van der Waals surface area contributed by atoms with E-state index >= 15 is 0 Å². The molecule has 25 heavy (non-hydrogen) atoms. The van der Waals surface area contributed by atoms with Crippen molar-refractivity contribution in [3.8, 4) is 0 Å². The van der Waals surface area contributed by atoms with Gasteiger partial charge in [0.2, 0.25) is 0 Å². The second-order valence-corrected chi connectivity index (χ2v) is 6.70. The molecule has 2 amide bonds. The van der Waals surface area contributed by atoms with Crippen LogP contribution in [0.15, 0.2) is 60.7 Å². The molecular formula is C21H27N3O. The van der Waals surface area contributed by atoms with E-state index in [1.54, 1.807) is 0 Å². The van der Waals surface area contributed by atoms with E-state index in [9.17, 15) is 4.79 Å². The molecule has 1 aliphatic rings. The Bertz CT molecular complexity index is 653. The van der Waals surface area contributed by atoms with Gasteiger partial charge in [0.25, 0.3) is 0 Å². The maximum Gasteiger partial charge on any atom is 0.315 e. The number of nitrogens with one attached hydrogen (secondary N) is 2. The summed E-state index contributed by atoms with van der Waals surface area (Å²) in [5, 5.41) is 6.09. The lowest BCUT2D eigenvalue weighted by atomic mass is 9.99. The standard InChI is InChI=1S/C21H27N3O/c1-17(23-21(25)22-16-18-10-4-2-5-11-18)20(24-14-8-9-15-24)19-12-6-3-7-13-19/h2-7,10-13,17,20H,8-9,14-16H2,1H3,(H2,22,23,25)/t17-,20+/m1/s1. The van der Waals surface area contributed by atoms with Crippen molar-refractivity contribution in [3.05, 3.63) is 71.8 Å². The van der Waals surface area contributed by atoms with Gasteiger partial charge in [-0.1, -0.05) is 60.7 Å². The van der Waals surface area contributed by atoms with Crippen molar-refractivity contribution in [1.29, 1.82) is 0 Å². The minimum absolute atomic E-state index is 0.0382. The molecule has 0 aliphatic carbocycles. The van der Waals surface area contributed by atoms with Gasteiger partial charge in [-0.15, -0.1) is 0 Å². The number of benzene rings is 2. The zero-order valence-corrected chi connectivity index (χ0v) is 14.8. The van der Waals surface area contributed by atoms with Crippen molar-refractivity contribution < 1.29 is 4.79 Å². The number of rotatable bonds is 6. The Balaban J connectivity index is 1.61. The molecule has 1 heterocycles. The molecule has 0 saturated carbocycles. The number of amides is 2. The quantitative estimate of drug-likeness (QED) is 0.844. The molecule has 2 N–H and O–H groups in total. The van der Waals surface area contributed by atoms with Gasteiger partial charge in [-0.3, -0.25) is 4.90 Å². The Morgan fingerprint density at radius 3 is 2.24 bits per heavy atom. The Morgan fingerprint density at radius 1 is 1.00 bits per heavy atom. The highest BCUT2D eigenvalue weighted by atomic mass is 16.2. The van der Waals surface area contributed by atoms with Crippen molar-refractivity contribution in [3.63, 3.8) is 0 Å². The lowest BCUT2D eigenvalue weighted by molar-refractivity contribution is 0.193. The fourth-order valence-electron chi connectivity index (χ4n) is 3.60. The van der Waals surface area contributed by atoms with Gasteiger partial charge in [-0.2, -0.15) is 0 Å². The summed E-state index contributed by atoms with van der Waals surface area (Å²) < 4.78 is 0. The van der Waals surface area contributed by atoms with E-state index in [2.05, 4.69) is 46.7 Å². The van der Waals surface area contributed by atoms with E-state index < -0.39 is 0 Å². The van der Waals surface area contributed by atoms with E-state index in [0.29, 0.717) is 6.54 Å². The predicted molar refractivity (Wildman–Crippen MR) is 101 cm³/mol. The zero-order chi connectivity index (χ0) is 17.5. The number of urea groups is 1. The highest BCUT2D eigenvalue weighted by Crippen LogP contribution is 2.28. The number of carbonyl (C=O) groups is 1. The van der Waals surface area contributed by atoms with Crippen molar-refractivity contribution in [1.82, 2.24) is 15.5 Å². The summed E-state index contributed by atoms with van der Waals surface area (Å²) >= 11 is 0. The molecule has 0 aromatic heterocycles. The maximum atomic E-state index is 12.3. The highest BCUT2D eigenvalue weighted by molar-refractivity contribution is 5.74. The Hall–Kier alpha value is -2.33. The molecular weight excluding hydrogens is 310 g/mol. The Morgan fingerprint density at radius 2 is 1.60 bits per heavy atom. The van der Waals surface area contributed by atoms with Crippen LogP contribution in [0.25, 0.3) is 0 Å². The predicted octanol–water partition coefficient (Wildman–Crippen LogP) is 3.71. The Kier molecular flexibility index (Phi) is 6.07. The number of likely N-dealkylation sites (tertiary alicyclic amines) is 1. The van der Waals surface area contributed by atoms with Crippen LogP contribution in [-0.2, 0) is 6.54 Å². The van der Waals surface area contributed by atoms with Crippen molar-refractivity contribution in [2.45, 2.75) is 38.4 Å². The van der Waals surface area contributed by atoms with Gasteiger partial charge in [0.1, 0.15) is 0 Å². The summed E-state index contributed by atoms with van der Waals surface area (Å²) in [6, 6.07) is 20.6. The van der Waals surface area contributed by atoms with Crippen LogP contribution in [0.2, 0.25) is 0 Å². The minimum Gasteiger partial charge on any atom is -0.334 e. The van der Waals surface area contributed by atoms with Gasteiger partial charge in [-0.25, -0.2) is 4.79 Å². The summed E-state index contributed by atoms with van der Waals surface area (Å²) in [7, 11) is 0. The van der Waals surface area contributed by atoms with E-state index in [4.69, 9.17) is 0 Å². The second kappa shape index (κ2) is 8.67. The smallest absolute Gasteiger partial charge is 0.315 e. The molecule has 1 aliphatic heterocycles. The SMILES string of the molecule is C[C@@H](NC(=O)NCc1ccccc1)[C@@H](c1ccccc1)N1CCCC1. The molecule has 0 radical (unpaired) electrons. The van der Waals surface area contributed by atoms with Crippen molar-refractivity contribution >= 4 is 6.03 Å². The molecule has 0 unspecified atom stereocenters. The van der Waals surface area contributed by atoms with Crippen LogP contribution in [-0.4, -0.2) is 30.1 Å². The van der Waals surface area contributed by atoms with E-state index in [-0.39, 0.29) is 18.1 Å². The fourth-order valence-corrected chi connectivity index (χ4v) is 3.60. The largest absolute Gasteiger partial charge is 0.334 e. The van der Waals surface area contributed by atoms with Crippen LogP contribution in [0.3, 0.4) is 0 Å². The summed E-state index contributed by atoms with van der Waals surface area (Å²) in [6.45, 7) is 4.83. The lowest BCUT2D eigenvalue weighted by Gasteiger charge is -2.33. The summed E-state index contributed by atoms with van der Waals surface area (Å²) in [6.07, 6.45) is 2.46. The van der Waals surface area contributed by atoms with Crippen LogP contribution >= 0.6 is 0 Å². The van der Waals surface area contributed by atoms with Crippen LogP contribution < -0.4 is 10.6 Å². The first-order valence-electron chi connectivity index (χ1n) is 9.11. The number of nitrogens with zero attached hydrogens (tertiary/aromatic N) is 1. The summed E-state index contributed by atoms with van der Waals surface area (Å²) in [5.74, 6) is 0. The normalized spacial score (nSPS) is 17.0. The zero-order valence-electron chi connectivity index (χ0n) is 14.8. The molecule has 1 fully saturated rings. The molecule has 1 saturated heterocycles. The Labute approximate surface area is 150 Å². The lowest BCUT2D eigenvalue weighted by Crippen LogP contribution is -2.47. The van der Waals surface area contributed by atoms with E-state index in [1.807, 2.05) is 36.4 Å². The van der Waals surface area contributed by atoms with Crippen LogP contribution in [0.1, 0.15) is 36.9 Å². The number of hydrogen-bond donors (Lipinski definition) is 2. The molecule has 4 nitrogen and oxygen atoms in total. The molecule has 0 spiro atoms. The molecule has 2 aromatic carbocycles. The third-order valence-corrected chi connectivity index (χ3v) is 4.80. The number of carbonyl (C=O) groups excluding carboxylic acids is 1. The first-order chi connectivity index (χ1) is 12.2. The van der Waals surface area contributed by atoms with Crippen molar-refractivity contribution in [2.24, 2.45) is 0 Å².